The van der Waals surface area contributed by atoms with Gasteiger partial charge in [-0.15, -0.1) is 0 Å². The smallest absolute Gasteiger partial charge is 0.319 e. The molecule has 0 spiro atoms. The summed E-state index contributed by atoms with van der Waals surface area (Å²) in [4.78, 5) is 23.8. The topological polar surface area (TPSA) is 108 Å². The summed E-state index contributed by atoms with van der Waals surface area (Å²) in [5.74, 6) is -0.402. The van der Waals surface area contributed by atoms with Gasteiger partial charge in [0.25, 0.3) is 5.91 Å². The Bertz CT molecular complexity index is 1040. The van der Waals surface area contributed by atoms with Crippen LogP contribution in [-0.4, -0.2) is 46.2 Å². The van der Waals surface area contributed by atoms with Crippen LogP contribution in [0.1, 0.15) is 21.5 Å². The summed E-state index contributed by atoms with van der Waals surface area (Å²) in [5, 5.41) is 7.79. The number of carbonyl (C=O) groups excluding carboxylic acids is 2. The average Bonchev–Trinajstić information content (AvgIpc) is 3.14. The van der Waals surface area contributed by atoms with Crippen molar-refractivity contribution in [2.24, 2.45) is 0 Å². The number of fused-ring (bicyclic) bond motifs is 1. The first-order chi connectivity index (χ1) is 13.8. The molecular formula is C20H24N4O4S. The number of anilines is 2. The van der Waals surface area contributed by atoms with E-state index in [-0.39, 0.29) is 18.2 Å². The Kier molecular flexibility index (Phi) is 6.07. The van der Waals surface area contributed by atoms with E-state index in [1.165, 1.54) is 4.31 Å². The molecule has 154 valence electrons. The fourth-order valence-corrected chi connectivity index (χ4v) is 4.68. The van der Waals surface area contributed by atoms with E-state index >= 15 is 0 Å². The maximum atomic E-state index is 12.6. The summed E-state index contributed by atoms with van der Waals surface area (Å²) in [6, 6.07) is 11.8. The van der Waals surface area contributed by atoms with Crippen LogP contribution in [0.4, 0.5) is 16.2 Å². The fourth-order valence-electron chi connectivity index (χ4n) is 3.26. The molecule has 2 aromatic carbocycles. The van der Waals surface area contributed by atoms with Gasteiger partial charge in [-0.2, -0.15) is 0 Å². The Morgan fingerprint density at radius 2 is 1.90 bits per heavy atom. The number of aryl methyl sites for hydroxylation is 1. The van der Waals surface area contributed by atoms with Crippen molar-refractivity contribution < 1.29 is 18.0 Å². The molecule has 9 heteroatoms. The first kappa shape index (κ1) is 20.7. The third kappa shape index (κ3) is 4.68. The van der Waals surface area contributed by atoms with E-state index in [0.29, 0.717) is 29.9 Å². The molecule has 0 saturated carbocycles. The molecule has 0 bridgehead atoms. The van der Waals surface area contributed by atoms with Crippen LogP contribution >= 0.6 is 0 Å². The number of carbonyl (C=O) groups is 2. The molecule has 0 fully saturated rings. The molecule has 0 aromatic heterocycles. The fraction of sp³-hybridized carbons (Fsp3) is 0.300. The van der Waals surface area contributed by atoms with Crippen molar-refractivity contribution in [1.29, 1.82) is 0 Å². The van der Waals surface area contributed by atoms with E-state index in [2.05, 4.69) is 16.0 Å². The molecule has 2 aromatic rings. The molecule has 1 aliphatic rings. The Morgan fingerprint density at radius 1 is 1.14 bits per heavy atom. The molecule has 8 nitrogen and oxygen atoms in total. The number of rotatable bonds is 6. The van der Waals surface area contributed by atoms with Crippen molar-refractivity contribution >= 4 is 33.3 Å². The lowest BCUT2D eigenvalue weighted by Gasteiger charge is -2.19. The van der Waals surface area contributed by atoms with Crippen LogP contribution in [0, 0.1) is 6.92 Å². The molecule has 3 N–H and O–H groups in total. The highest BCUT2D eigenvalue weighted by molar-refractivity contribution is 7.92. The molecule has 0 unspecified atom stereocenters. The van der Waals surface area contributed by atoms with Crippen LogP contribution in [0.25, 0.3) is 0 Å². The molecule has 29 heavy (non-hydrogen) atoms. The van der Waals surface area contributed by atoms with Gasteiger partial charge in [0, 0.05) is 31.4 Å². The maximum Gasteiger partial charge on any atom is 0.319 e. The van der Waals surface area contributed by atoms with E-state index in [1.807, 2.05) is 18.2 Å². The molecular weight excluding hydrogens is 392 g/mol. The van der Waals surface area contributed by atoms with Crippen LogP contribution in [0.5, 0.6) is 0 Å². The van der Waals surface area contributed by atoms with Crippen LogP contribution < -0.4 is 20.3 Å². The zero-order valence-corrected chi connectivity index (χ0v) is 17.2. The maximum absolute atomic E-state index is 12.6. The van der Waals surface area contributed by atoms with Crippen molar-refractivity contribution in [1.82, 2.24) is 10.6 Å². The van der Waals surface area contributed by atoms with Gasteiger partial charge in [-0.05, 0) is 48.7 Å². The number of urea groups is 1. The minimum absolute atomic E-state index is 0.0117. The highest BCUT2D eigenvalue weighted by Gasteiger charge is 2.28. The van der Waals surface area contributed by atoms with Crippen LogP contribution in [-0.2, 0) is 16.4 Å². The number of hydrogen-bond donors (Lipinski definition) is 3. The van der Waals surface area contributed by atoms with Gasteiger partial charge < -0.3 is 16.0 Å². The summed E-state index contributed by atoms with van der Waals surface area (Å²) in [6.45, 7) is 2.18. The Balaban J connectivity index is 1.54. The molecule has 0 saturated heterocycles. The minimum Gasteiger partial charge on any atom is -0.355 e. The summed E-state index contributed by atoms with van der Waals surface area (Å²) in [6.07, 6.45) is 0.689. The van der Waals surface area contributed by atoms with Crippen molar-refractivity contribution in [3.05, 3.63) is 59.2 Å². The summed E-state index contributed by atoms with van der Waals surface area (Å²) >= 11 is 0. The van der Waals surface area contributed by atoms with Crippen LogP contribution in [0.3, 0.4) is 0 Å². The average molecular weight is 417 g/mol. The minimum atomic E-state index is -3.52. The lowest BCUT2D eigenvalue weighted by atomic mass is 10.1. The number of amides is 3. The quantitative estimate of drug-likeness (QED) is 0.668. The molecule has 0 radical (unpaired) electrons. The number of nitrogens with zero attached hydrogens (tertiary/aromatic N) is 1. The molecule has 0 atom stereocenters. The molecule has 0 aliphatic carbocycles. The van der Waals surface area contributed by atoms with Crippen LogP contribution in [0.2, 0.25) is 0 Å². The van der Waals surface area contributed by atoms with Gasteiger partial charge in [0.05, 0.1) is 11.4 Å². The third-order valence-corrected chi connectivity index (χ3v) is 6.56. The monoisotopic (exact) mass is 416 g/mol. The SMILES string of the molecule is CNC(=O)c1ccc(NC(=O)NCCS(=O)(=O)N2CCc3ccccc32)c(C)c1. The predicted molar refractivity (Wildman–Crippen MR) is 113 cm³/mol. The van der Waals surface area contributed by atoms with Crippen molar-refractivity contribution in [3.8, 4) is 0 Å². The molecule has 1 heterocycles. The summed E-state index contributed by atoms with van der Waals surface area (Å²) in [7, 11) is -1.97. The van der Waals surface area contributed by atoms with E-state index < -0.39 is 16.1 Å². The second-order valence-electron chi connectivity index (χ2n) is 6.76. The number of para-hydroxylation sites is 1. The van der Waals surface area contributed by atoms with E-state index in [9.17, 15) is 18.0 Å². The van der Waals surface area contributed by atoms with Crippen molar-refractivity contribution in [3.63, 3.8) is 0 Å². The lowest BCUT2D eigenvalue weighted by molar-refractivity contribution is 0.0963. The number of sulfonamides is 1. The Hall–Kier alpha value is -3.07. The van der Waals surface area contributed by atoms with Gasteiger partial charge >= 0.3 is 6.03 Å². The molecule has 1 aliphatic heterocycles. The van der Waals surface area contributed by atoms with E-state index in [0.717, 1.165) is 11.1 Å². The Labute approximate surface area is 170 Å². The first-order valence-electron chi connectivity index (χ1n) is 9.28. The van der Waals surface area contributed by atoms with Gasteiger partial charge in [-0.3, -0.25) is 9.10 Å². The van der Waals surface area contributed by atoms with Gasteiger partial charge in [0.1, 0.15) is 0 Å². The number of benzene rings is 2. The highest BCUT2D eigenvalue weighted by atomic mass is 32.2. The normalized spacial score (nSPS) is 13.0. The largest absolute Gasteiger partial charge is 0.355 e. The Morgan fingerprint density at radius 3 is 2.62 bits per heavy atom. The van der Waals surface area contributed by atoms with E-state index in [4.69, 9.17) is 0 Å². The number of nitrogens with one attached hydrogen (secondary N) is 3. The summed E-state index contributed by atoms with van der Waals surface area (Å²) < 4.78 is 26.7. The van der Waals surface area contributed by atoms with Gasteiger partial charge in [0.15, 0.2) is 0 Å². The second-order valence-corrected chi connectivity index (χ2v) is 8.77. The van der Waals surface area contributed by atoms with Crippen molar-refractivity contribution in [2.45, 2.75) is 13.3 Å². The predicted octanol–water partition coefficient (Wildman–Crippen LogP) is 1.87. The second kappa shape index (κ2) is 8.52. The first-order valence-corrected chi connectivity index (χ1v) is 10.9. The standard InChI is InChI=1S/C20H24N4O4S/c1-14-13-16(19(25)21-2)7-8-17(14)23-20(26)22-10-12-29(27,28)24-11-9-15-5-3-4-6-18(15)24/h3-8,13H,9-12H2,1-2H3,(H,21,25)(H2,22,23,26). The van der Waals surface area contributed by atoms with Gasteiger partial charge in [0.2, 0.25) is 10.0 Å². The third-order valence-electron chi connectivity index (χ3n) is 4.79. The van der Waals surface area contributed by atoms with Crippen LogP contribution in [0.15, 0.2) is 42.5 Å². The van der Waals surface area contributed by atoms with Gasteiger partial charge in [-0.25, -0.2) is 13.2 Å². The van der Waals surface area contributed by atoms with E-state index in [1.54, 1.807) is 38.2 Å². The highest BCUT2D eigenvalue weighted by Crippen LogP contribution is 2.29. The zero-order chi connectivity index (χ0) is 21.0. The lowest BCUT2D eigenvalue weighted by Crippen LogP contribution is -2.38. The number of hydrogen-bond acceptors (Lipinski definition) is 4. The molecule has 3 rings (SSSR count). The van der Waals surface area contributed by atoms with Gasteiger partial charge in [-0.1, -0.05) is 18.2 Å². The molecule has 3 amide bonds. The zero-order valence-electron chi connectivity index (χ0n) is 16.4. The summed E-state index contributed by atoms with van der Waals surface area (Å²) in [5.41, 5.74) is 3.49. The van der Waals surface area contributed by atoms with Crippen molar-refractivity contribution in [2.75, 3.05) is 35.5 Å².